The molecule has 1 N–H and O–H groups in total. The number of sulfonamides is 1. The van der Waals surface area contributed by atoms with Crippen molar-refractivity contribution in [2.45, 2.75) is 18.7 Å². The molecule has 0 saturated heterocycles. The molecule has 0 spiro atoms. The molecule has 0 bridgehead atoms. The van der Waals surface area contributed by atoms with E-state index < -0.39 is 10.0 Å². The average molecular weight is 409 g/mol. The van der Waals surface area contributed by atoms with Gasteiger partial charge in [-0.3, -0.25) is 14.4 Å². The van der Waals surface area contributed by atoms with Crippen LogP contribution in [0.5, 0.6) is 11.5 Å². The van der Waals surface area contributed by atoms with Gasteiger partial charge in [0.15, 0.2) is 11.6 Å². The first-order valence-electron chi connectivity index (χ1n) is 9.07. The summed E-state index contributed by atoms with van der Waals surface area (Å²) < 4.78 is 34.1. The van der Waals surface area contributed by atoms with Gasteiger partial charge in [-0.25, -0.2) is 13.4 Å². The van der Waals surface area contributed by atoms with Crippen LogP contribution in [0.4, 0.5) is 11.5 Å². The Kier molecular flexibility index (Phi) is 4.71. The molecule has 0 atom stereocenters. The minimum atomic E-state index is -3.88. The van der Waals surface area contributed by atoms with E-state index in [4.69, 9.17) is 4.74 Å². The van der Waals surface area contributed by atoms with Crippen molar-refractivity contribution in [3.8, 4) is 11.5 Å². The molecule has 0 saturated carbocycles. The smallest absolute Gasteiger partial charge is 0.263 e. The highest BCUT2D eigenvalue weighted by Gasteiger charge is 2.29. The van der Waals surface area contributed by atoms with Crippen molar-refractivity contribution in [3.63, 3.8) is 0 Å². The average Bonchev–Trinajstić information content (AvgIpc) is 2.83. The Hall–Kier alpha value is -3.39. The van der Waals surface area contributed by atoms with Gasteiger partial charge in [0, 0.05) is 18.4 Å². The van der Waals surface area contributed by atoms with Gasteiger partial charge in [0.25, 0.3) is 15.9 Å². The fourth-order valence-corrected chi connectivity index (χ4v) is 4.17. The lowest BCUT2D eigenvalue weighted by molar-refractivity contribution is 0.0987. The number of carbonyl (C=O) groups excluding carboxylic acids is 1. The first kappa shape index (κ1) is 18.9. The zero-order valence-electron chi connectivity index (χ0n) is 15.9. The van der Waals surface area contributed by atoms with E-state index in [1.165, 1.54) is 23.1 Å². The predicted octanol–water partition coefficient (Wildman–Crippen LogP) is 3.96. The molecule has 2 aromatic carbocycles. The van der Waals surface area contributed by atoms with E-state index in [0.29, 0.717) is 23.8 Å². The molecule has 8 heteroatoms. The second kappa shape index (κ2) is 7.21. The number of fused-ring (bicyclic) bond motifs is 2. The molecular weight excluding hydrogens is 390 g/mol. The fraction of sp³-hybridized carbons (Fsp3) is 0.143. The summed E-state index contributed by atoms with van der Waals surface area (Å²) in [7, 11) is -3.88. The summed E-state index contributed by atoms with van der Waals surface area (Å²) in [6.07, 6.45) is 1.58. The van der Waals surface area contributed by atoms with Gasteiger partial charge in [0.05, 0.1) is 10.5 Å². The standard InChI is InChI=1S/C21H19N3O4S/c1-3-24-20-19(5-4-12-22-20)28-18-11-10-16(13-17(18)21(24)25)29(26,27)23-15-8-6-14(2)7-9-15/h4-13,23H,3H2,1-2H3. The highest BCUT2D eigenvalue weighted by atomic mass is 32.2. The van der Waals surface area contributed by atoms with E-state index in [-0.39, 0.29) is 22.1 Å². The molecule has 148 valence electrons. The second-order valence-corrected chi connectivity index (χ2v) is 8.29. The Morgan fingerprint density at radius 1 is 1.07 bits per heavy atom. The normalized spacial score (nSPS) is 13.2. The maximum atomic E-state index is 13.1. The molecule has 1 aliphatic heterocycles. The third-order valence-electron chi connectivity index (χ3n) is 4.58. The van der Waals surface area contributed by atoms with Crippen LogP contribution < -0.4 is 14.4 Å². The van der Waals surface area contributed by atoms with Crippen LogP contribution in [-0.4, -0.2) is 25.9 Å². The van der Waals surface area contributed by atoms with Crippen molar-refractivity contribution in [1.82, 2.24) is 4.98 Å². The lowest BCUT2D eigenvalue weighted by Gasteiger charge is -2.18. The molecule has 0 fully saturated rings. The van der Waals surface area contributed by atoms with Crippen LogP contribution in [0.3, 0.4) is 0 Å². The van der Waals surface area contributed by atoms with E-state index in [0.717, 1.165) is 5.56 Å². The maximum absolute atomic E-state index is 13.1. The third kappa shape index (κ3) is 3.54. The van der Waals surface area contributed by atoms with Crippen LogP contribution in [0.15, 0.2) is 65.7 Å². The second-order valence-electron chi connectivity index (χ2n) is 6.61. The number of aryl methyl sites for hydroxylation is 1. The molecule has 7 nitrogen and oxygen atoms in total. The van der Waals surface area contributed by atoms with Crippen molar-refractivity contribution >= 4 is 27.4 Å². The number of carbonyl (C=O) groups is 1. The number of ether oxygens (including phenoxy) is 1. The molecule has 0 aliphatic carbocycles. The summed E-state index contributed by atoms with van der Waals surface area (Å²) in [4.78, 5) is 18.8. The molecule has 0 unspecified atom stereocenters. The van der Waals surface area contributed by atoms with Gasteiger partial charge in [0.1, 0.15) is 5.75 Å². The molecule has 4 rings (SSSR count). The maximum Gasteiger partial charge on any atom is 0.263 e. The van der Waals surface area contributed by atoms with Gasteiger partial charge in [0.2, 0.25) is 0 Å². The largest absolute Gasteiger partial charge is 0.453 e. The van der Waals surface area contributed by atoms with E-state index >= 15 is 0 Å². The molecule has 29 heavy (non-hydrogen) atoms. The van der Waals surface area contributed by atoms with E-state index in [2.05, 4.69) is 9.71 Å². The van der Waals surface area contributed by atoms with Crippen molar-refractivity contribution in [3.05, 3.63) is 71.9 Å². The molecule has 0 radical (unpaired) electrons. The van der Waals surface area contributed by atoms with Crippen LogP contribution in [0.2, 0.25) is 0 Å². The highest BCUT2D eigenvalue weighted by molar-refractivity contribution is 7.92. The summed E-state index contributed by atoms with van der Waals surface area (Å²) in [6, 6.07) is 14.7. The van der Waals surface area contributed by atoms with Crippen LogP contribution in [-0.2, 0) is 10.0 Å². The van der Waals surface area contributed by atoms with Gasteiger partial charge >= 0.3 is 0 Å². The topological polar surface area (TPSA) is 88.6 Å². The Bertz CT molecular complexity index is 1190. The molecular formula is C21H19N3O4S. The Balaban J connectivity index is 1.74. The quantitative estimate of drug-likeness (QED) is 0.705. The summed E-state index contributed by atoms with van der Waals surface area (Å²) >= 11 is 0. The molecule has 3 aromatic rings. The van der Waals surface area contributed by atoms with Gasteiger partial charge in [-0.15, -0.1) is 0 Å². The minimum Gasteiger partial charge on any atom is -0.453 e. The Morgan fingerprint density at radius 2 is 1.83 bits per heavy atom. The molecule has 2 heterocycles. The number of hydrogen-bond acceptors (Lipinski definition) is 5. The number of aromatic nitrogens is 1. The number of rotatable bonds is 4. The number of nitrogens with zero attached hydrogens (tertiary/aromatic N) is 2. The lowest BCUT2D eigenvalue weighted by Crippen LogP contribution is -2.30. The molecule has 1 aromatic heterocycles. The lowest BCUT2D eigenvalue weighted by atomic mass is 10.2. The van der Waals surface area contributed by atoms with Gasteiger partial charge in [-0.1, -0.05) is 17.7 Å². The molecule has 1 amide bonds. The molecule has 1 aliphatic rings. The van der Waals surface area contributed by atoms with Crippen LogP contribution in [0.25, 0.3) is 0 Å². The number of nitrogens with one attached hydrogen (secondary N) is 1. The summed E-state index contributed by atoms with van der Waals surface area (Å²) in [5, 5.41) is 0. The van der Waals surface area contributed by atoms with Crippen molar-refractivity contribution in [2.75, 3.05) is 16.2 Å². The first-order chi connectivity index (χ1) is 13.9. The monoisotopic (exact) mass is 409 g/mol. The van der Waals surface area contributed by atoms with Crippen LogP contribution >= 0.6 is 0 Å². The van der Waals surface area contributed by atoms with E-state index in [1.54, 1.807) is 30.5 Å². The fourth-order valence-electron chi connectivity index (χ4n) is 3.09. The van der Waals surface area contributed by atoms with Crippen molar-refractivity contribution in [2.24, 2.45) is 0 Å². The van der Waals surface area contributed by atoms with Crippen LogP contribution in [0.1, 0.15) is 22.8 Å². The van der Waals surface area contributed by atoms with E-state index in [9.17, 15) is 13.2 Å². The minimum absolute atomic E-state index is 0.0243. The summed E-state index contributed by atoms with van der Waals surface area (Å²) in [6.45, 7) is 4.11. The predicted molar refractivity (Wildman–Crippen MR) is 110 cm³/mol. The van der Waals surface area contributed by atoms with Crippen molar-refractivity contribution in [1.29, 1.82) is 0 Å². The van der Waals surface area contributed by atoms with Gasteiger partial charge in [-0.05, 0) is 56.3 Å². The zero-order valence-corrected chi connectivity index (χ0v) is 16.7. The highest BCUT2D eigenvalue weighted by Crippen LogP contribution is 2.38. The summed E-state index contributed by atoms with van der Waals surface area (Å²) in [5.74, 6) is 0.759. The number of pyridine rings is 1. The zero-order chi connectivity index (χ0) is 20.6. The number of benzene rings is 2. The Labute approximate surface area is 169 Å². The number of amides is 1. The third-order valence-corrected chi connectivity index (χ3v) is 5.96. The number of hydrogen-bond donors (Lipinski definition) is 1. The first-order valence-corrected chi connectivity index (χ1v) is 10.6. The van der Waals surface area contributed by atoms with Crippen molar-refractivity contribution < 1.29 is 17.9 Å². The van der Waals surface area contributed by atoms with Crippen LogP contribution in [0, 0.1) is 6.92 Å². The van der Waals surface area contributed by atoms with Gasteiger partial charge < -0.3 is 4.74 Å². The summed E-state index contributed by atoms with van der Waals surface area (Å²) in [5.41, 5.74) is 1.63. The Morgan fingerprint density at radius 3 is 2.55 bits per heavy atom. The SMILES string of the molecule is CCN1C(=O)c2cc(S(=O)(=O)Nc3ccc(C)cc3)ccc2Oc2cccnc21. The number of anilines is 2. The van der Waals surface area contributed by atoms with Gasteiger partial charge in [-0.2, -0.15) is 0 Å². The van der Waals surface area contributed by atoms with E-state index in [1.807, 2.05) is 26.0 Å².